The monoisotopic (exact) mass is 524 g/mol. The number of halogens is 3. The summed E-state index contributed by atoms with van der Waals surface area (Å²) in [5, 5.41) is 13.5. The number of nitro benzene ring substituents is 1. The summed E-state index contributed by atoms with van der Waals surface area (Å²) in [5.41, 5.74) is 0.724. The third-order valence-corrected chi connectivity index (χ3v) is 4.71. The van der Waals surface area contributed by atoms with Gasteiger partial charge in [-0.25, -0.2) is 0 Å². The molecule has 0 atom stereocenters. The van der Waals surface area contributed by atoms with E-state index in [0.717, 1.165) is 8.95 Å². The van der Waals surface area contributed by atoms with Gasteiger partial charge < -0.3 is 5.32 Å². The lowest BCUT2D eigenvalue weighted by molar-refractivity contribution is -0.384. The fraction of sp³-hybridized carbons (Fsp3) is 0. The maximum absolute atomic E-state index is 12.3. The summed E-state index contributed by atoms with van der Waals surface area (Å²) in [6, 6.07) is 9.54. The van der Waals surface area contributed by atoms with Gasteiger partial charge in [0.05, 0.1) is 16.2 Å². The minimum Gasteiger partial charge on any atom is -0.321 e. The minimum absolute atomic E-state index is 0.117. The summed E-state index contributed by atoms with van der Waals surface area (Å²) in [7, 11) is 0. The normalized spacial score (nSPS) is 10.2. The van der Waals surface area contributed by atoms with Gasteiger partial charge in [-0.05, 0) is 62.8 Å². The molecule has 0 aliphatic carbocycles. The second-order valence-electron chi connectivity index (χ2n) is 4.00. The van der Waals surface area contributed by atoms with E-state index in [1.807, 2.05) is 28.7 Å². The molecule has 0 aromatic heterocycles. The van der Waals surface area contributed by atoms with Crippen molar-refractivity contribution in [3.05, 3.63) is 64.6 Å². The van der Waals surface area contributed by atoms with Gasteiger partial charge >= 0.3 is 0 Å². The van der Waals surface area contributed by atoms with Gasteiger partial charge in [0.2, 0.25) is 0 Å². The average Bonchev–Trinajstić information content (AvgIpc) is 2.43. The summed E-state index contributed by atoms with van der Waals surface area (Å²) in [5.74, 6) is -0.401. The highest BCUT2D eigenvalue weighted by molar-refractivity contribution is 14.1. The van der Waals surface area contributed by atoms with Gasteiger partial charge in [0.25, 0.3) is 11.6 Å². The number of nitrogens with one attached hydrogen (secondary N) is 1. The van der Waals surface area contributed by atoms with Crippen LogP contribution in [0.4, 0.5) is 11.4 Å². The zero-order chi connectivity index (χ0) is 15.6. The van der Waals surface area contributed by atoms with Crippen molar-refractivity contribution < 1.29 is 9.72 Å². The number of hydrogen-bond donors (Lipinski definition) is 1. The van der Waals surface area contributed by atoms with Crippen molar-refractivity contribution >= 4 is 71.7 Å². The predicted molar refractivity (Wildman–Crippen MR) is 95.6 cm³/mol. The number of anilines is 1. The maximum Gasteiger partial charge on any atom is 0.270 e. The number of carbonyl (C=O) groups excluding carboxylic acids is 1. The van der Waals surface area contributed by atoms with Crippen molar-refractivity contribution in [2.75, 3.05) is 5.32 Å². The molecule has 0 radical (unpaired) electrons. The molecule has 0 aliphatic rings. The van der Waals surface area contributed by atoms with Gasteiger partial charge in [0.1, 0.15) is 0 Å². The van der Waals surface area contributed by atoms with E-state index in [1.54, 1.807) is 18.2 Å². The number of carbonyl (C=O) groups is 1. The van der Waals surface area contributed by atoms with Crippen molar-refractivity contribution in [1.82, 2.24) is 0 Å². The Labute approximate surface area is 150 Å². The largest absolute Gasteiger partial charge is 0.321 e. The van der Waals surface area contributed by atoms with E-state index < -0.39 is 10.8 Å². The Balaban J connectivity index is 2.34. The van der Waals surface area contributed by atoms with Crippen LogP contribution in [0.25, 0.3) is 0 Å². The van der Waals surface area contributed by atoms with Crippen LogP contribution in [0.3, 0.4) is 0 Å². The lowest BCUT2D eigenvalue weighted by Crippen LogP contribution is -2.14. The minimum atomic E-state index is -0.526. The molecule has 0 aliphatic heterocycles. The molecular weight excluding hydrogens is 519 g/mol. The van der Waals surface area contributed by atoms with Crippen molar-refractivity contribution in [3.63, 3.8) is 0 Å². The summed E-state index contributed by atoms with van der Waals surface area (Å²) in [6.07, 6.45) is 0. The van der Waals surface area contributed by atoms with E-state index in [4.69, 9.17) is 0 Å². The van der Waals surface area contributed by atoms with Crippen molar-refractivity contribution in [2.24, 2.45) is 0 Å². The highest BCUT2D eigenvalue weighted by Crippen LogP contribution is 2.27. The van der Waals surface area contributed by atoms with Gasteiger partial charge in [-0.15, -0.1) is 0 Å². The average molecular weight is 526 g/mol. The molecule has 0 saturated heterocycles. The fourth-order valence-corrected chi connectivity index (χ4v) is 2.87. The second kappa shape index (κ2) is 6.84. The Kier molecular flexibility index (Phi) is 5.33. The van der Waals surface area contributed by atoms with E-state index in [-0.39, 0.29) is 11.3 Å². The first kappa shape index (κ1) is 16.4. The van der Waals surface area contributed by atoms with Crippen LogP contribution in [0, 0.1) is 13.7 Å². The topological polar surface area (TPSA) is 72.2 Å². The van der Waals surface area contributed by atoms with E-state index >= 15 is 0 Å². The number of benzene rings is 2. The third-order valence-electron chi connectivity index (χ3n) is 2.58. The number of nitro groups is 1. The first-order valence-electron chi connectivity index (χ1n) is 5.59. The standard InChI is InChI=1S/C13H7Br2IN2O3/c14-7-1-3-10(15)12(5-7)17-13(19)9-6-8(18(20)21)2-4-11(9)16/h1-6H,(H,17,19). The van der Waals surface area contributed by atoms with Gasteiger partial charge in [-0.2, -0.15) is 0 Å². The molecule has 2 aromatic carbocycles. The van der Waals surface area contributed by atoms with E-state index in [2.05, 4.69) is 37.2 Å². The van der Waals surface area contributed by atoms with Crippen molar-refractivity contribution in [1.29, 1.82) is 0 Å². The number of nitrogens with zero attached hydrogens (tertiary/aromatic N) is 1. The zero-order valence-corrected chi connectivity index (χ0v) is 15.6. The van der Waals surface area contributed by atoms with Crippen LogP contribution < -0.4 is 5.32 Å². The molecule has 2 aromatic rings. The zero-order valence-electron chi connectivity index (χ0n) is 10.3. The van der Waals surface area contributed by atoms with Crippen LogP contribution in [-0.4, -0.2) is 10.8 Å². The summed E-state index contributed by atoms with van der Waals surface area (Å²) >= 11 is 8.64. The molecule has 5 nitrogen and oxygen atoms in total. The molecule has 108 valence electrons. The number of rotatable bonds is 3. The molecule has 0 heterocycles. The first-order valence-corrected chi connectivity index (χ1v) is 8.25. The smallest absolute Gasteiger partial charge is 0.270 e. The number of non-ortho nitro benzene ring substituents is 1. The van der Waals surface area contributed by atoms with Crippen LogP contribution in [0.1, 0.15) is 10.4 Å². The fourth-order valence-electron chi connectivity index (χ4n) is 1.58. The van der Waals surface area contributed by atoms with Gasteiger partial charge in [-0.1, -0.05) is 15.9 Å². The van der Waals surface area contributed by atoms with E-state index in [1.165, 1.54) is 12.1 Å². The van der Waals surface area contributed by atoms with Crippen LogP contribution >= 0.6 is 54.5 Å². The molecule has 2 rings (SSSR count). The SMILES string of the molecule is O=C(Nc1cc(Br)ccc1Br)c1cc([N+](=O)[O-])ccc1I. The van der Waals surface area contributed by atoms with Crippen molar-refractivity contribution in [2.45, 2.75) is 0 Å². The Morgan fingerprint density at radius 1 is 1.19 bits per heavy atom. The molecule has 0 bridgehead atoms. The molecule has 8 heteroatoms. The predicted octanol–water partition coefficient (Wildman–Crippen LogP) is 4.98. The van der Waals surface area contributed by atoms with Crippen LogP contribution in [-0.2, 0) is 0 Å². The summed E-state index contributed by atoms with van der Waals surface area (Å²) in [6.45, 7) is 0. The Morgan fingerprint density at radius 2 is 1.90 bits per heavy atom. The first-order chi connectivity index (χ1) is 9.88. The van der Waals surface area contributed by atoms with Crippen LogP contribution in [0.2, 0.25) is 0 Å². The lowest BCUT2D eigenvalue weighted by Gasteiger charge is -2.09. The maximum atomic E-state index is 12.3. The van der Waals surface area contributed by atoms with Gasteiger partial charge in [-0.3, -0.25) is 14.9 Å². The lowest BCUT2D eigenvalue weighted by atomic mass is 10.2. The number of hydrogen-bond acceptors (Lipinski definition) is 3. The molecule has 0 fully saturated rings. The Bertz CT molecular complexity index is 737. The van der Waals surface area contributed by atoms with E-state index in [9.17, 15) is 14.9 Å². The molecule has 0 saturated carbocycles. The highest BCUT2D eigenvalue weighted by Gasteiger charge is 2.16. The second-order valence-corrected chi connectivity index (χ2v) is 6.93. The molecular formula is C13H7Br2IN2O3. The van der Waals surface area contributed by atoms with Gasteiger partial charge in [0.15, 0.2) is 0 Å². The Hall–Kier alpha value is -1.00. The molecule has 0 spiro atoms. The quantitative estimate of drug-likeness (QED) is 0.349. The van der Waals surface area contributed by atoms with Crippen LogP contribution in [0.15, 0.2) is 45.3 Å². The molecule has 1 amide bonds. The molecule has 1 N–H and O–H groups in total. The number of amides is 1. The van der Waals surface area contributed by atoms with Crippen molar-refractivity contribution in [3.8, 4) is 0 Å². The van der Waals surface area contributed by atoms with Crippen LogP contribution in [0.5, 0.6) is 0 Å². The Morgan fingerprint density at radius 3 is 2.57 bits per heavy atom. The van der Waals surface area contributed by atoms with Gasteiger partial charge in [0, 0.05) is 24.6 Å². The summed E-state index contributed by atoms with van der Waals surface area (Å²) < 4.78 is 2.18. The third kappa shape index (κ3) is 4.01. The molecule has 21 heavy (non-hydrogen) atoms. The highest BCUT2D eigenvalue weighted by atomic mass is 127. The summed E-state index contributed by atoms with van der Waals surface area (Å²) in [4.78, 5) is 22.6. The van der Waals surface area contributed by atoms with E-state index in [0.29, 0.717) is 9.26 Å². The molecule has 0 unspecified atom stereocenters.